The Balaban J connectivity index is 1.38. The number of unbranched alkanes of at least 4 members (excludes halogenated alkanes) is 34. The number of carbonyl (C=O) groups excluding carboxylic acids is 2. The lowest BCUT2D eigenvalue weighted by molar-refractivity contribution is -0.155. The van der Waals surface area contributed by atoms with Crippen molar-refractivity contribution in [1.29, 1.82) is 0 Å². The van der Waals surface area contributed by atoms with E-state index in [2.05, 4.69) is 13.8 Å². The zero-order valence-electron chi connectivity index (χ0n) is 35.7. The molecule has 0 amide bonds. The summed E-state index contributed by atoms with van der Waals surface area (Å²) in [7, 11) is 0. The normalized spacial score (nSPS) is 19.3. The molecule has 1 saturated carbocycles. The molecule has 1 heterocycles. The summed E-state index contributed by atoms with van der Waals surface area (Å²) in [5.41, 5.74) is -2.19. The second kappa shape index (κ2) is 33.1. The van der Waals surface area contributed by atoms with Crippen molar-refractivity contribution in [2.45, 2.75) is 282 Å². The highest BCUT2D eigenvalue weighted by Crippen LogP contribution is 2.59. The molecule has 2 rings (SSSR count). The summed E-state index contributed by atoms with van der Waals surface area (Å²) in [6, 6.07) is 0. The van der Waals surface area contributed by atoms with Gasteiger partial charge in [-0.3, -0.25) is 0 Å². The molecule has 53 heavy (non-hydrogen) atoms. The van der Waals surface area contributed by atoms with E-state index in [0.29, 0.717) is 26.1 Å². The zero-order chi connectivity index (χ0) is 38.0. The van der Waals surface area contributed by atoms with Gasteiger partial charge < -0.3 is 14.2 Å². The van der Waals surface area contributed by atoms with Gasteiger partial charge >= 0.3 is 11.9 Å². The first kappa shape index (κ1) is 48.0. The molecule has 2 unspecified atom stereocenters. The largest absolute Gasteiger partial charge is 0.463 e. The van der Waals surface area contributed by atoms with Crippen LogP contribution in [0.15, 0.2) is 0 Å². The van der Waals surface area contributed by atoms with Crippen LogP contribution in [0.2, 0.25) is 0 Å². The van der Waals surface area contributed by atoms with Crippen molar-refractivity contribution in [1.82, 2.24) is 0 Å². The van der Waals surface area contributed by atoms with Gasteiger partial charge in [0.15, 0.2) is 0 Å². The second-order valence-corrected chi connectivity index (χ2v) is 17.3. The van der Waals surface area contributed by atoms with Crippen molar-refractivity contribution in [2.24, 2.45) is 0 Å². The lowest BCUT2D eigenvalue weighted by atomic mass is 9.79. The summed E-state index contributed by atoms with van der Waals surface area (Å²) in [5.74, 6) is -0.677. The first-order valence-corrected chi connectivity index (χ1v) is 24.2. The van der Waals surface area contributed by atoms with E-state index in [9.17, 15) is 9.59 Å². The van der Waals surface area contributed by atoms with E-state index in [1.54, 1.807) is 0 Å². The van der Waals surface area contributed by atoms with Gasteiger partial charge in [-0.25, -0.2) is 9.59 Å². The summed E-state index contributed by atoms with van der Waals surface area (Å²) < 4.78 is 17.4. The van der Waals surface area contributed by atoms with Gasteiger partial charge in [-0.15, -0.1) is 0 Å². The van der Waals surface area contributed by atoms with Crippen molar-refractivity contribution in [3.8, 4) is 0 Å². The highest BCUT2D eigenvalue weighted by molar-refractivity contribution is 5.98. The van der Waals surface area contributed by atoms with Crippen LogP contribution in [0, 0.1) is 0 Å². The molecule has 0 aromatic rings. The Morgan fingerprint density at radius 1 is 0.358 bits per heavy atom. The van der Waals surface area contributed by atoms with E-state index in [-0.39, 0.29) is 11.9 Å². The van der Waals surface area contributed by atoms with Gasteiger partial charge in [0, 0.05) is 0 Å². The molecule has 1 aliphatic heterocycles. The SMILES string of the molecule is CCCCCCCCCCCCCCCCCCCCOC(=O)C12CCCCC1(C(=O)OCCCCCCCCCCCCCCCCCCCC)O2. The van der Waals surface area contributed by atoms with E-state index in [1.807, 2.05) is 0 Å². The molecule has 1 aliphatic carbocycles. The Labute approximate surface area is 330 Å². The van der Waals surface area contributed by atoms with Crippen molar-refractivity contribution in [2.75, 3.05) is 13.2 Å². The van der Waals surface area contributed by atoms with Gasteiger partial charge in [-0.1, -0.05) is 232 Å². The number of fused-ring (bicyclic) bond motifs is 1. The summed E-state index contributed by atoms with van der Waals surface area (Å²) in [6.45, 7) is 5.42. The van der Waals surface area contributed by atoms with Crippen LogP contribution in [-0.4, -0.2) is 36.4 Å². The van der Waals surface area contributed by atoms with Gasteiger partial charge in [0.2, 0.25) is 11.2 Å². The summed E-state index contributed by atoms with van der Waals surface area (Å²) in [6.07, 6.45) is 51.1. The topological polar surface area (TPSA) is 65.1 Å². The number of ether oxygens (including phenoxy) is 3. The Morgan fingerprint density at radius 2 is 0.566 bits per heavy atom. The number of esters is 2. The van der Waals surface area contributed by atoms with Crippen LogP contribution in [0.25, 0.3) is 0 Å². The van der Waals surface area contributed by atoms with Gasteiger partial charge in [0.1, 0.15) is 0 Å². The average Bonchev–Trinajstić information content (AvgIpc) is 3.89. The van der Waals surface area contributed by atoms with Crippen LogP contribution < -0.4 is 0 Å². The molecule has 312 valence electrons. The summed E-state index contributed by atoms with van der Waals surface area (Å²) in [4.78, 5) is 26.3. The zero-order valence-corrected chi connectivity index (χ0v) is 35.7. The molecule has 0 N–H and O–H groups in total. The van der Waals surface area contributed by atoms with Crippen LogP contribution in [0.4, 0.5) is 0 Å². The maximum Gasteiger partial charge on any atom is 0.342 e. The fourth-order valence-electron chi connectivity index (χ4n) is 8.71. The Hall–Kier alpha value is -1.10. The van der Waals surface area contributed by atoms with Crippen molar-refractivity contribution >= 4 is 11.9 Å². The van der Waals surface area contributed by atoms with Gasteiger partial charge in [0.05, 0.1) is 13.2 Å². The molecule has 0 bridgehead atoms. The second-order valence-electron chi connectivity index (χ2n) is 17.3. The maximum absolute atomic E-state index is 13.1. The third-order valence-electron chi connectivity index (χ3n) is 12.4. The smallest absolute Gasteiger partial charge is 0.342 e. The average molecular weight is 747 g/mol. The van der Waals surface area contributed by atoms with Crippen LogP contribution in [0.5, 0.6) is 0 Å². The lowest BCUT2D eigenvalue weighted by Gasteiger charge is -2.22. The number of rotatable bonds is 40. The number of hydrogen-bond acceptors (Lipinski definition) is 5. The van der Waals surface area contributed by atoms with Gasteiger partial charge in [-0.05, 0) is 38.5 Å². The molecule has 0 spiro atoms. The molecule has 1 saturated heterocycles. The van der Waals surface area contributed by atoms with Gasteiger partial charge in [0.25, 0.3) is 0 Å². The van der Waals surface area contributed by atoms with E-state index < -0.39 is 11.2 Å². The van der Waals surface area contributed by atoms with E-state index in [0.717, 1.165) is 38.5 Å². The monoisotopic (exact) mass is 747 g/mol. The predicted molar refractivity (Wildman–Crippen MR) is 224 cm³/mol. The molecular weight excluding hydrogens is 657 g/mol. The minimum Gasteiger partial charge on any atom is -0.463 e. The van der Waals surface area contributed by atoms with E-state index in [1.165, 1.54) is 205 Å². The predicted octanol–water partition coefficient (Wildman–Crippen LogP) is 15.2. The van der Waals surface area contributed by atoms with Crippen LogP contribution in [0.3, 0.4) is 0 Å². The number of epoxide rings is 1. The Morgan fingerprint density at radius 3 is 0.792 bits per heavy atom. The van der Waals surface area contributed by atoms with Crippen molar-refractivity contribution in [3.63, 3.8) is 0 Å². The quantitative estimate of drug-likeness (QED) is 0.0355. The fraction of sp³-hybridized carbons (Fsp3) is 0.958. The van der Waals surface area contributed by atoms with Crippen LogP contribution in [-0.2, 0) is 23.8 Å². The molecule has 0 aromatic carbocycles. The molecule has 2 atom stereocenters. The molecule has 0 aromatic heterocycles. The summed E-state index contributed by atoms with van der Waals surface area (Å²) in [5, 5.41) is 0. The number of carbonyl (C=O) groups is 2. The van der Waals surface area contributed by atoms with E-state index >= 15 is 0 Å². The van der Waals surface area contributed by atoms with E-state index in [4.69, 9.17) is 14.2 Å². The van der Waals surface area contributed by atoms with Gasteiger partial charge in [-0.2, -0.15) is 0 Å². The van der Waals surface area contributed by atoms with Crippen molar-refractivity contribution < 1.29 is 23.8 Å². The fourth-order valence-corrected chi connectivity index (χ4v) is 8.71. The minimum absolute atomic E-state index is 0.339. The molecule has 5 nitrogen and oxygen atoms in total. The highest BCUT2D eigenvalue weighted by atomic mass is 16.7. The van der Waals surface area contributed by atoms with Crippen LogP contribution in [0.1, 0.15) is 271 Å². The Kier molecular flexibility index (Phi) is 30.0. The molecule has 2 aliphatic rings. The molecular formula is C48H90O5. The third kappa shape index (κ3) is 21.7. The number of hydrogen-bond donors (Lipinski definition) is 0. The lowest BCUT2D eigenvalue weighted by Crippen LogP contribution is -2.44. The first-order valence-electron chi connectivity index (χ1n) is 24.2. The minimum atomic E-state index is -1.09. The Bertz CT molecular complexity index is 791. The highest BCUT2D eigenvalue weighted by Gasteiger charge is 2.81. The standard InChI is InChI=1S/C48H90O5/c1-3-5-7-9-11-13-15-17-19-21-23-25-27-29-31-33-35-39-43-51-45(49)47-41-37-38-42-48(47,53-47)46(50)52-44-40-36-34-32-30-28-26-24-22-20-18-16-14-12-10-8-6-4-2/h3-44H2,1-2H3. The third-order valence-corrected chi connectivity index (χ3v) is 12.4. The first-order chi connectivity index (χ1) is 26.1. The maximum atomic E-state index is 13.1. The van der Waals surface area contributed by atoms with Crippen molar-refractivity contribution in [3.05, 3.63) is 0 Å². The molecule has 0 radical (unpaired) electrons. The summed E-state index contributed by atoms with van der Waals surface area (Å²) >= 11 is 0. The molecule has 5 heteroatoms. The van der Waals surface area contributed by atoms with Crippen LogP contribution >= 0.6 is 0 Å². The molecule has 2 fully saturated rings.